The van der Waals surface area contributed by atoms with Gasteiger partial charge in [-0.25, -0.2) is 0 Å². The van der Waals surface area contributed by atoms with E-state index in [4.69, 9.17) is 4.74 Å². The molecule has 1 aromatic carbocycles. The Hall–Kier alpha value is -1.32. The minimum atomic E-state index is -0.0716. The summed E-state index contributed by atoms with van der Waals surface area (Å²) in [6, 6.07) is 9.46. The van der Waals surface area contributed by atoms with Crippen molar-refractivity contribution in [2.75, 3.05) is 7.11 Å². The molecule has 1 N–H and O–H groups in total. The third kappa shape index (κ3) is 3.47. The molecule has 0 amide bonds. The quantitative estimate of drug-likeness (QED) is 0.840. The molecule has 0 spiro atoms. The van der Waals surface area contributed by atoms with Crippen LogP contribution < -0.4 is 5.32 Å². The summed E-state index contributed by atoms with van der Waals surface area (Å²) in [5, 5.41) is 5.00. The molecule has 0 bridgehead atoms. The molecule has 1 saturated carbocycles. The number of para-hydroxylation sites is 1. The van der Waals surface area contributed by atoms with Crippen molar-refractivity contribution in [2.45, 2.75) is 57.8 Å². The summed E-state index contributed by atoms with van der Waals surface area (Å²) in [4.78, 5) is 0. The molecular weight excluding hydrogens is 260 g/mol. The molecule has 0 saturated heterocycles. The Morgan fingerprint density at radius 3 is 2.76 bits per heavy atom. The Bertz CT molecular complexity index is 611. The molecule has 0 aliphatic heterocycles. The molecule has 0 unspecified atom stereocenters. The highest BCUT2D eigenvalue weighted by atomic mass is 16.5. The number of rotatable bonds is 7. The first-order chi connectivity index (χ1) is 10.1. The van der Waals surface area contributed by atoms with E-state index in [-0.39, 0.29) is 5.60 Å². The summed E-state index contributed by atoms with van der Waals surface area (Å²) in [6.45, 7) is 6.26. The third-order valence-electron chi connectivity index (χ3n) is 4.54. The van der Waals surface area contributed by atoms with Crippen LogP contribution in [0.15, 0.2) is 30.5 Å². The van der Waals surface area contributed by atoms with Crippen LogP contribution in [-0.2, 0) is 17.8 Å². The number of hydrogen-bond donors (Lipinski definition) is 1. The van der Waals surface area contributed by atoms with E-state index in [2.05, 4.69) is 54.2 Å². The molecule has 1 aromatic heterocycles. The normalized spacial score (nSPS) is 15.8. The second-order valence-electron chi connectivity index (χ2n) is 6.73. The Morgan fingerprint density at radius 1 is 1.29 bits per heavy atom. The van der Waals surface area contributed by atoms with E-state index in [0.29, 0.717) is 0 Å². The van der Waals surface area contributed by atoms with E-state index >= 15 is 0 Å². The Morgan fingerprint density at radius 2 is 2.05 bits per heavy atom. The fourth-order valence-electron chi connectivity index (χ4n) is 2.68. The predicted molar refractivity (Wildman–Crippen MR) is 87.5 cm³/mol. The smallest absolute Gasteiger partial charge is 0.0639 e. The van der Waals surface area contributed by atoms with Crippen molar-refractivity contribution in [3.63, 3.8) is 0 Å². The predicted octanol–water partition coefficient (Wildman–Crippen LogP) is 3.71. The standard InChI is InChI=1S/C18H26N2O/c1-18(2,21-3)10-11-20-13-14(12-19-15-8-9-15)16-6-4-5-7-17(16)20/h4-7,13,15,19H,8-12H2,1-3H3. The van der Waals surface area contributed by atoms with Gasteiger partial charge in [-0.3, -0.25) is 0 Å². The molecule has 1 aliphatic carbocycles. The minimum Gasteiger partial charge on any atom is -0.379 e. The zero-order chi connectivity index (χ0) is 14.9. The van der Waals surface area contributed by atoms with Crippen LogP contribution in [0, 0.1) is 0 Å². The number of hydrogen-bond acceptors (Lipinski definition) is 2. The largest absolute Gasteiger partial charge is 0.379 e. The average Bonchev–Trinajstić information content (AvgIpc) is 3.25. The lowest BCUT2D eigenvalue weighted by Crippen LogP contribution is -2.24. The zero-order valence-electron chi connectivity index (χ0n) is 13.4. The van der Waals surface area contributed by atoms with Gasteiger partial charge in [0.1, 0.15) is 0 Å². The summed E-state index contributed by atoms with van der Waals surface area (Å²) in [5.74, 6) is 0. The first-order valence-corrected chi connectivity index (χ1v) is 7.94. The number of nitrogens with zero attached hydrogens (tertiary/aromatic N) is 1. The summed E-state index contributed by atoms with van der Waals surface area (Å²) in [7, 11) is 1.79. The molecule has 1 aliphatic rings. The van der Waals surface area contributed by atoms with Crippen LogP contribution in [0.1, 0.15) is 38.7 Å². The molecule has 3 heteroatoms. The second kappa shape index (κ2) is 5.82. The van der Waals surface area contributed by atoms with Crippen molar-refractivity contribution < 1.29 is 4.74 Å². The fourth-order valence-corrected chi connectivity index (χ4v) is 2.68. The van der Waals surface area contributed by atoms with E-state index in [1.54, 1.807) is 7.11 Å². The first-order valence-electron chi connectivity index (χ1n) is 7.94. The van der Waals surface area contributed by atoms with Crippen molar-refractivity contribution in [1.82, 2.24) is 9.88 Å². The van der Waals surface area contributed by atoms with Gasteiger partial charge in [0.2, 0.25) is 0 Å². The summed E-state index contributed by atoms with van der Waals surface area (Å²) >= 11 is 0. The van der Waals surface area contributed by atoms with Crippen molar-refractivity contribution in [3.8, 4) is 0 Å². The Labute approximate surface area is 127 Å². The van der Waals surface area contributed by atoms with Gasteiger partial charge in [0, 0.05) is 43.3 Å². The van der Waals surface area contributed by atoms with Crippen LogP contribution in [0.5, 0.6) is 0 Å². The molecule has 0 radical (unpaired) electrons. The molecule has 1 heterocycles. The lowest BCUT2D eigenvalue weighted by molar-refractivity contribution is 0.0123. The van der Waals surface area contributed by atoms with Crippen LogP contribution >= 0.6 is 0 Å². The molecule has 3 nitrogen and oxygen atoms in total. The molecule has 3 rings (SSSR count). The summed E-state index contributed by atoms with van der Waals surface area (Å²) in [6.07, 6.45) is 5.99. The highest BCUT2D eigenvalue weighted by molar-refractivity contribution is 5.83. The first kappa shape index (κ1) is 14.6. The van der Waals surface area contributed by atoms with Gasteiger partial charge in [0.15, 0.2) is 0 Å². The van der Waals surface area contributed by atoms with Crippen molar-refractivity contribution in [3.05, 3.63) is 36.0 Å². The van der Waals surface area contributed by atoms with E-state index in [0.717, 1.165) is 25.6 Å². The van der Waals surface area contributed by atoms with E-state index < -0.39 is 0 Å². The number of nitrogens with one attached hydrogen (secondary N) is 1. The molecule has 21 heavy (non-hydrogen) atoms. The van der Waals surface area contributed by atoms with Crippen molar-refractivity contribution in [2.24, 2.45) is 0 Å². The van der Waals surface area contributed by atoms with E-state index in [1.807, 2.05) is 0 Å². The number of methoxy groups -OCH3 is 1. The topological polar surface area (TPSA) is 26.2 Å². The zero-order valence-corrected chi connectivity index (χ0v) is 13.4. The molecular formula is C18H26N2O. The maximum Gasteiger partial charge on any atom is 0.0639 e. The third-order valence-corrected chi connectivity index (χ3v) is 4.54. The monoisotopic (exact) mass is 286 g/mol. The van der Waals surface area contributed by atoms with Crippen LogP contribution in [0.3, 0.4) is 0 Å². The van der Waals surface area contributed by atoms with E-state index in [9.17, 15) is 0 Å². The van der Waals surface area contributed by atoms with Gasteiger partial charge in [0.25, 0.3) is 0 Å². The number of ether oxygens (including phenoxy) is 1. The van der Waals surface area contributed by atoms with Gasteiger partial charge in [-0.1, -0.05) is 18.2 Å². The second-order valence-corrected chi connectivity index (χ2v) is 6.73. The molecule has 0 atom stereocenters. The highest BCUT2D eigenvalue weighted by Gasteiger charge is 2.21. The number of benzene rings is 1. The van der Waals surface area contributed by atoms with Crippen LogP contribution in [0.4, 0.5) is 0 Å². The fraction of sp³-hybridized carbons (Fsp3) is 0.556. The van der Waals surface area contributed by atoms with Gasteiger partial charge in [0.05, 0.1) is 5.60 Å². The van der Waals surface area contributed by atoms with Gasteiger partial charge in [-0.05, 0) is 44.7 Å². The summed E-state index contributed by atoms with van der Waals surface area (Å²) in [5.41, 5.74) is 2.67. The van der Waals surface area contributed by atoms with Crippen LogP contribution in [0.25, 0.3) is 10.9 Å². The molecule has 2 aromatic rings. The van der Waals surface area contributed by atoms with Gasteiger partial charge in [-0.2, -0.15) is 0 Å². The summed E-state index contributed by atoms with van der Waals surface area (Å²) < 4.78 is 7.91. The van der Waals surface area contributed by atoms with Crippen LogP contribution in [0.2, 0.25) is 0 Å². The minimum absolute atomic E-state index is 0.0716. The van der Waals surface area contributed by atoms with E-state index in [1.165, 1.54) is 29.3 Å². The van der Waals surface area contributed by atoms with Crippen LogP contribution in [-0.4, -0.2) is 23.3 Å². The maximum atomic E-state index is 5.54. The number of aromatic nitrogens is 1. The highest BCUT2D eigenvalue weighted by Crippen LogP contribution is 2.25. The molecule has 114 valence electrons. The molecule has 1 fully saturated rings. The van der Waals surface area contributed by atoms with Crippen molar-refractivity contribution >= 4 is 10.9 Å². The lowest BCUT2D eigenvalue weighted by atomic mass is 10.1. The van der Waals surface area contributed by atoms with Gasteiger partial charge in [-0.15, -0.1) is 0 Å². The Balaban J connectivity index is 1.80. The number of fused-ring (bicyclic) bond motifs is 1. The number of aryl methyl sites for hydroxylation is 1. The van der Waals surface area contributed by atoms with Gasteiger partial charge >= 0.3 is 0 Å². The van der Waals surface area contributed by atoms with Crippen molar-refractivity contribution in [1.29, 1.82) is 0 Å². The Kier molecular flexibility index (Phi) is 4.05. The van der Waals surface area contributed by atoms with Gasteiger partial charge < -0.3 is 14.6 Å². The maximum absolute atomic E-state index is 5.54. The average molecular weight is 286 g/mol. The SMILES string of the molecule is COC(C)(C)CCn1cc(CNC2CC2)c2ccccc21. The lowest BCUT2D eigenvalue weighted by Gasteiger charge is -2.23.